The first-order chi connectivity index (χ1) is 2.81. The van der Waals surface area contributed by atoms with E-state index in [1.165, 1.54) is 6.08 Å². The molecule has 1 amide bonds. The molecule has 0 aromatic rings. The third-order valence-electron chi connectivity index (χ3n) is 0.328. The molecule has 30 valence electrons. The van der Waals surface area contributed by atoms with E-state index in [1.54, 1.807) is 0 Å². The summed E-state index contributed by atoms with van der Waals surface area (Å²) in [7, 11) is 0. The third kappa shape index (κ3) is 2.01. The van der Waals surface area contributed by atoms with Crippen LogP contribution in [0.3, 0.4) is 0 Å². The van der Waals surface area contributed by atoms with Crippen molar-refractivity contribution in [1.82, 2.24) is 4.30 Å². The number of nitrogens with one attached hydrogen (secondary N) is 1. The second kappa shape index (κ2) is 2.95. The minimum atomic E-state index is -0.181. The quantitative estimate of drug-likeness (QED) is 0.342. The van der Waals surface area contributed by atoms with Gasteiger partial charge in [0.1, 0.15) is 0 Å². The molecule has 0 aliphatic heterocycles. The van der Waals surface area contributed by atoms with Crippen LogP contribution in [0.1, 0.15) is 0 Å². The average molecular weight is 97.1 g/mol. The van der Waals surface area contributed by atoms with Crippen LogP contribution in [0.15, 0.2) is 12.7 Å². The van der Waals surface area contributed by atoms with Gasteiger partial charge in [-0.25, -0.2) is 0 Å². The van der Waals surface area contributed by atoms with Crippen molar-refractivity contribution in [1.29, 1.82) is 0 Å². The fraction of sp³-hybridized carbons (Fsp3) is 0. The predicted octanol–water partition coefficient (Wildman–Crippen LogP) is -0.628. The highest BCUT2D eigenvalue weighted by Gasteiger charge is 1.77. The van der Waals surface area contributed by atoms with Crippen LogP contribution in [0.25, 0.3) is 0 Å². The second-order valence-electron chi connectivity index (χ2n) is 0.713. The molecular formula is C3H4AlNO. The zero-order valence-corrected chi connectivity index (χ0v) is 4.42. The molecule has 0 unspecified atom stereocenters. The van der Waals surface area contributed by atoms with Crippen molar-refractivity contribution in [3.63, 3.8) is 0 Å². The summed E-state index contributed by atoms with van der Waals surface area (Å²) < 4.78 is 2.27. The van der Waals surface area contributed by atoms with Crippen LogP contribution in [-0.2, 0) is 4.79 Å². The summed E-state index contributed by atoms with van der Waals surface area (Å²) in [6, 6.07) is 0. The Hall–Kier alpha value is -0.258. The standard InChI is InChI=1S/C3H5NO.Al/c1-2-3(4)5;/h2H,1H2,(H2,4,5);/q;+1/p-1. The summed E-state index contributed by atoms with van der Waals surface area (Å²) in [6.45, 7) is 3.21. The van der Waals surface area contributed by atoms with E-state index in [1.807, 2.05) is 0 Å². The molecule has 2 nitrogen and oxygen atoms in total. The molecule has 0 spiro atoms. The molecule has 0 saturated heterocycles. The average Bonchev–Trinajstić information content (AvgIpc) is 1.65. The number of hydrogen-bond donors (Lipinski definition) is 1. The Bertz CT molecular complexity index is 71.2. The van der Waals surface area contributed by atoms with E-state index in [0.717, 1.165) is 0 Å². The maximum Gasteiger partial charge on any atom is 0.310 e. The first-order valence-electron chi connectivity index (χ1n) is 1.44. The lowest BCUT2D eigenvalue weighted by Crippen LogP contribution is -2.15. The van der Waals surface area contributed by atoms with E-state index in [9.17, 15) is 4.79 Å². The van der Waals surface area contributed by atoms with Crippen molar-refractivity contribution in [2.75, 3.05) is 0 Å². The molecule has 3 heteroatoms. The minimum Gasteiger partial charge on any atom is -0.460 e. The molecule has 0 aromatic carbocycles. The number of carbonyl (C=O) groups is 1. The Morgan fingerprint density at radius 1 is 2.00 bits per heavy atom. The Kier molecular flexibility index (Phi) is 2.83. The van der Waals surface area contributed by atoms with Gasteiger partial charge >= 0.3 is 16.5 Å². The summed E-state index contributed by atoms with van der Waals surface area (Å²) in [4.78, 5) is 9.93. The molecule has 0 aliphatic rings. The molecule has 1 N–H and O–H groups in total. The van der Waals surface area contributed by atoms with Gasteiger partial charge in [-0.15, -0.1) is 0 Å². The van der Waals surface area contributed by atoms with Crippen LogP contribution in [0.4, 0.5) is 0 Å². The van der Waals surface area contributed by atoms with Gasteiger partial charge in [0.2, 0.25) is 5.91 Å². The fourth-order valence-electron chi connectivity index (χ4n) is 0.0589. The fourth-order valence-corrected chi connectivity index (χ4v) is 0.177. The first-order valence-corrected chi connectivity index (χ1v) is 2.02. The van der Waals surface area contributed by atoms with Crippen LogP contribution in [0, 0.1) is 0 Å². The summed E-state index contributed by atoms with van der Waals surface area (Å²) in [5.74, 6) is -0.181. The zero-order chi connectivity index (χ0) is 4.99. The van der Waals surface area contributed by atoms with E-state index < -0.39 is 0 Å². The van der Waals surface area contributed by atoms with Gasteiger partial charge in [0, 0.05) is 0 Å². The van der Waals surface area contributed by atoms with Crippen molar-refractivity contribution in [3.05, 3.63) is 12.7 Å². The van der Waals surface area contributed by atoms with E-state index in [0.29, 0.717) is 0 Å². The van der Waals surface area contributed by atoms with Gasteiger partial charge in [0.25, 0.3) is 0 Å². The summed E-state index contributed by atoms with van der Waals surface area (Å²) in [5, 5.41) is 0. The molecule has 0 heterocycles. The van der Waals surface area contributed by atoms with Gasteiger partial charge in [0.05, 0.1) is 0 Å². The number of hydrogen-bond acceptors (Lipinski definition) is 1. The maximum atomic E-state index is 9.93. The molecule has 2 radical (unpaired) electrons. The Morgan fingerprint density at radius 3 is 2.50 bits per heavy atom. The molecule has 0 rings (SSSR count). The first kappa shape index (κ1) is 5.74. The molecule has 6 heavy (non-hydrogen) atoms. The Balaban J connectivity index is 3.23. The van der Waals surface area contributed by atoms with E-state index in [4.69, 9.17) is 0 Å². The highest BCUT2D eigenvalue weighted by molar-refractivity contribution is 6.16. The summed E-state index contributed by atoms with van der Waals surface area (Å²) >= 11 is 2.07. The van der Waals surface area contributed by atoms with Crippen molar-refractivity contribution in [2.45, 2.75) is 0 Å². The SMILES string of the molecule is C=CC(=O)[NH][Al]. The van der Waals surface area contributed by atoms with Crippen LogP contribution >= 0.6 is 0 Å². The van der Waals surface area contributed by atoms with Crippen molar-refractivity contribution in [2.24, 2.45) is 0 Å². The normalized spacial score (nSPS) is 6.67. The highest BCUT2D eigenvalue weighted by Crippen LogP contribution is 1.55. The lowest BCUT2D eigenvalue weighted by atomic mass is 10.6. The van der Waals surface area contributed by atoms with Gasteiger partial charge in [-0.3, -0.25) is 4.79 Å². The van der Waals surface area contributed by atoms with Gasteiger partial charge in [-0.1, -0.05) is 6.58 Å². The number of carbonyl (C=O) groups excluding carboxylic acids is 1. The van der Waals surface area contributed by atoms with Gasteiger partial charge in [-0.05, 0) is 6.08 Å². The van der Waals surface area contributed by atoms with Crippen LogP contribution in [0.2, 0.25) is 0 Å². The number of rotatable bonds is 1. The molecule has 0 saturated carbocycles. The Labute approximate surface area is 44.9 Å². The molecule has 0 fully saturated rings. The summed E-state index contributed by atoms with van der Waals surface area (Å²) in [5.41, 5.74) is 0. The highest BCUT2D eigenvalue weighted by atomic mass is 27.1. The van der Waals surface area contributed by atoms with E-state index in [2.05, 4.69) is 27.4 Å². The molecule has 0 atom stereocenters. The second-order valence-corrected chi connectivity index (χ2v) is 1.00. The monoisotopic (exact) mass is 97.0 g/mol. The zero-order valence-electron chi connectivity index (χ0n) is 3.27. The molecular weight excluding hydrogens is 93.0 g/mol. The maximum absolute atomic E-state index is 9.93. The van der Waals surface area contributed by atoms with Gasteiger partial charge < -0.3 is 4.30 Å². The van der Waals surface area contributed by atoms with Crippen LogP contribution in [-0.4, -0.2) is 22.4 Å². The minimum absolute atomic E-state index is 0.181. The van der Waals surface area contributed by atoms with Crippen molar-refractivity contribution in [3.8, 4) is 0 Å². The molecule has 0 bridgehead atoms. The van der Waals surface area contributed by atoms with Crippen molar-refractivity contribution < 1.29 is 4.79 Å². The topological polar surface area (TPSA) is 29.1 Å². The summed E-state index contributed by atoms with van der Waals surface area (Å²) in [6.07, 6.45) is 1.20. The predicted molar refractivity (Wildman–Crippen MR) is 24.1 cm³/mol. The largest absolute Gasteiger partial charge is 0.460 e. The van der Waals surface area contributed by atoms with Crippen molar-refractivity contribution >= 4 is 22.4 Å². The van der Waals surface area contributed by atoms with E-state index >= 15 is 0 Å². The lowest BCUT2D eigenvalue weighted by molar-refractivity contribution is -0.114. The van der Waals surface area contributed by atoms with Gasteiger partial charge in [0.15, 0.2) is 0 Å². The number of amides is 1. The molecule has 0 aliphatic carbocycles. The van der Waals surface area contributed by atoms with Crippen LogP contribution < -0.4 is 4.30 Å². The van der Waals surface area contributed by atoms with E-state index in [-0.39, 0.29) is 5.91 Å². The third-order valence-corrected chi connectivity index (χ3v) is 0.612. The van der Waals surface area contributed by atoms with Crippen LogP contribution in [0.5, 0.6) is 0 Å². The smallest absolute Gasteiger partial charge is 0.310 e. The molecule has 0 aromatic heterocycles. The lowest BCUT2D eigenvalue weighted by Gasteiger charge is -1.84. The van der Waals surface area contributed by atoms with Gasteiger partial charge in [-0.2, -0.15) is 0 Å². The Morgan fingerprint density at radius 2 is 2.50 bits per heavy atom.